The van der Waals surface area contributed by atoms with Gasteiger partial charge < -0.3 is 9.47 Å². The molecule has 0 fully saturated rings. The van der Waals surface area contributed by atoms with E-state index in [2.05, 4.69) is 6.92 Å². The maximum atomic E-state index is 12.9. The molecule has 3 aromatic rings. The van der Waals surface area contributed by atoms with Crippen LogP contribution in [0.3, 0.4) is 0 Å². The fourth-order valence-corrected chi connectivity index (χ4v) is 3.80. The molecule has 3 rings (SSSR count). The monoisotopic (exact) mass is 444 g/mol. The number of Topliss-reactive ketones (excluding diaryl/α,β-unsaturated/α-hetero) is 1. The van der Waals surface area contributed by atoms with Crippen LogP contribution in [0.5, 0.6) is 11.5 Å². The van der Waals surface area contributed by atoms with E-state index in [0.29, 0.717) is 16.9 Å². The van der Waals surface area contributed by atoms with E-state index in [9.17, 15) is 9.59 Å². The first-order chi connectivity index (χ1) is 15.7. The van der Waals surface area contributed by atoms with Crippen molar-refractivity contribution in [3.8, 4) is 22.6 Å². The second kappa shape index (κ2) is 10.5. The molecule has 4 nitrogen and oxygen atoms in total. The molecule has 0 N–H and O–H groups in total. The minimum Gasteiger partial charge on any atom is -0.491 e. The molecule has 3 aromatic carbocycles. The van der Waals surface area contributed by atoms with Crippen molar-refractivity contribution in [1.29, 1.82) is 0 Å². The number of esters is 1. The number of ketones is 1. The van der Waals surface area contributed by atoms with Crippen LogP contribution in [-0.4, -0.2) is 17.9 Å². The van der Waals surface area contributed by atoms with Gasteiger partial charge in [-0.15, -0.1) is 0 Å². The highest BCUT2D eigenvalue weighted by Crippen LogP contribution is 2.28. The third-order valence-electron chi connectivity index (χ3n) is 5.47. The Kier molecular flexibility index (Phi) is 7.70. The summed E-state index contributed by atoms with van der Waals surface area (Å²) in [6.45, 7) is 9.93. The number of benzene rings is 3. The van der Waals surface area contributed by atoms with E-state index in [1.54, 1.807) is 36.4 Å². The highest BCUT2D eigenvalue weighted by atomic mass is 16.5. The summed E-state index contributed by atoms with van der Waals surface area (Å²) < 4.78 is 11.2. The number of hydrogen-bond acceptors (Lipinski definition) is 4. The molecule has 0 aliphatic rings. The molecule has 4 heteroatoms. The molecule has 0 radical (unpaired) electrons. The van der Waals surface area contributed by atoms with Gasteiger partial charge in [0.1, 0.15) is 11.5 Å². The van der Waals surface area contributed by atoms with Crippen molar-refractivity contribution in [2.75, 3.05) is 0 Å². The summed E-state index contributed by atoms with van der Waals surface area (Å²) in [5.41, 5.74) is 2.48. The first kappa shape index (κ1) is 24.2. The number of carbonyl (C=O) groups is 2. The lowest BCUT2D eigenvalue weighted by atomic mass is 9.80. The van der Waals surface area contributed by atoms with Crippen LogP contribution in [-0.2, 0) is 0 Å². The van der Waals surface area contributed by atoms with Gasteiger partial charge in [-0.05, 0) is 67.8 Å². The molecule has 0 saturated carbocycles. The summed E-state index contributed by atoms with van der Waals surface area (Å²) in [5.74, 6) is 0.832. The third-order valence-corrected chi connectivity index (χ3v) is 5.47. The van der Waals surface area contributed by atoms with Crippen LogP contribution >= 0.6 is 0 Å². The smallest absolute Gasteiger partial charge is 0.343 e. The number of carbonyl (C=O) groups excluding carboxylic acids is 2. The van der Waals surface area contributed by atoms with Gasteiger partial charge in [-0.1, -0.05) is 63.6 Å². The fourth-order valence-electron chi connectivity index (χ4n) is 3.80. The van der Waals surface area contributed by atoms with Crippen molar-refractivity contribution in [1.82, 2.24) is 0 Å². The van der Waals surface area contributed by atoms with Crippen LogP contribution in [0.4, 0.5) is 0 Å². The van der Waals surface area contributed by atoms with Gasteiger partial charge >= 0.3 is 5.97 Å². The van der Waals surface area contributed by atoms with Gasteiger partial charge in [-0.25, -0.2) is 4.79 Å². The molecule has 0 aliphatic carbocycles. The molecule has 172 valence electrons. The lowest BCUT2D eigenvalue weighted by Gasteiger charge is -2.22. The topological polar surface area (TPSA) is 52.6 Å². The zero-order chi connectivity index (χ0) is 24.0. The Morgan fingerprint density at radius 3 is 1.91 bits per heavy atom. The summed E-state index contributed by atoms with van der Waals surface area (Å²) >= 11 is 0. The van der Waals surface area contributed by atoms with E-state index in [0.717, 1.165) is 29.7 Å². The predicted octanol–water partition coefficient (Wildman–Crippen LogP) is 7.37. The van der Waals surface area contributed by atoms with E-state index in [-0.39, 0.29) is 11.9 Å². The summed E-state index contributed by atoms with van der Waals surface area (Å²) in [7, 11) is 0. The average molecular weight is 445 g/mol. The van der Waals surface area contributed by atoms with Crippen LogP contribution < -0.4 is 9.47 Å². The molecular weight excluding hydrogens is 412 g/mol. The highest BCUT2D eigenvalue weighted by molar-refractivity contribution is 6.02. The molecule has 0 spiro atoms. The molecule has 0 saturated heterocycles. The minimum atomic E-state index is -0.485. The quantitative estimate of drug-likeness (QED) is 0.196. The molecule has 0 aliphatic heterocycles. The van der Waals surface area contributed by atoms with Crippen molar-refractivity contribution in [3.63, 3.8) is 0 Å². The molecule has 0 unspecified atom stereocenters. The molecule has 0 heterocycles. The zero-order valence-electron chi connectivity index (χ0n) is 20.1. The summed E-state index contributed by atoms with van der Waals surface area (Å²) in [4.78, 5) is 25.6. The van der Waals surface area contributed by atoms with Gasteiger partial charge in [0.05, 0.1) is 11.7 Å². The Morgan fingerprint density at radius 1 is 0.818 bits per heavy atom. The molecule has 0 bridgehead atoms. The van der Waals surface area contributed by atoms with Crippen LogP contribution in [0, 0.1) is 5.41 Å². The van der Waals surface area contributed by atoms with Gasteiger partial charge in [0.2, 0.25) is 0 Å². The second-order valence-corrected chi connectivity index (χ2v) is 9.15. The summed E-state index contributed by atoms with van der Waals surface area (Å²) in [5, 5.41) is 0. The molecule has 0 amide bonds. The van der Waals surface area contributed by atoms with E-state index in [1.807, 2.05) is 64.1 Å². The van der Waals surface area contributed by atoms with Crippen molar-refractivity contribution >= 4 is 11.8 Å². The Labute approximate surface area is 196 Å². The van der Waals surface area contributed by atoms with Crippen LogP contribution in [0.1, 0.15) is 68.2 Å². The lowest BCUT2D eigenvalue weighted by molar-refractivity contribution is 0.0734. The number of rotatable bonds is 9. The van der Waals surface area contributed by atoms with Crippen molar-refractivity contribution in [2.24, 2.45) is 5.41 Å². The lowest BCUT2D eigenvalue weighted by Crippen LogP contribution is -2.24. The van der Waals surface area contributed by atoms with Crippen molar-refractivity contribution < 1.29 is 19.1 Å². The average Bonchev–Trinajstić information content (AvgIpc) is 2.79. The minimum absolute atomic E-state index is 0.0353. The largest absolute Gasteiger partial charge is 0.491 e. The molecule has 0 atom stereocenters. The van der Waals surface area contributed by atoms with Gasteiger partial charge in [0.25, 0.3) is 0 Å². The summed E-state index contributed by atoms with van der Waals surface area (Å²) in [6, 6.07) is 22.0. The maximum absolute atomic E-state index is 12.9. The molecule has 0 aromatic heterocycles. The van der Waals surface area contributed by atoms with Crippen molar-refractivity contribution in [2.45, 2.75) is 53.6 Å². The Bertz CT molecular complexity index is 1090. The Balaban J connectivity index is 1.69. The van der Waals surface area contributed by atoms with Crippen LogP contribution in [0.15, 0.2) is 72.8 Å². The Hall–Kier alpha value is -3.40. The second-order valence-electron chi connectivity index (χ2n) is 9.15. The SMILES string of the molecule is CCCC(C)(C)C(=O)c1cccc(C(=O)Oc2ccc(-c3ccc(OC(C)C)cc3)cc2)c1. The highest BCUT2D eigenvalue weighted by Gasteiger charge is 2.28. The predicted molar refractivity (Wildman–Crippen MR) is 132 cm³/mol. The number of hydrogen-bond donors (Lipinski definition) is 0. The van der Waals surface area contributed by atoms with Crippen LogP contribution in [0.2, 0.25) is 0 Å². The first-order valence-corrected chi connectivity index (χ1v) is 11.4. The fraction of sp³-hybridized carbons (Fsp3) is 0.310. The normalized spacial score (nSPS) is 11.3. The zero-order valence-corrected chi connectivity index (χ0v) is 20.1. The van der Waals surface area contributed by atoms with Gasteiger partial charge in [-0.2, -0.15) is 0 Å². The van der Waals surface area contributed by atoms with E-state index < -0.39 is 11.4 Å². The van der Waals surface area contributed by atoms with E-state index >= 15 is 0 Å². The Morgan fingerprint density at radius 2 is 1.36 bits per heavy atom. The van der Waals surface area contributed by atoms with Gasteiger partial charge in [0, 0.05) is 11.0 Å². The van der Waals surface area contributed by atoms with Crippen molar-refractivity contribution in [3.05, 3.63) is 83.9 Å². The van der Waals surface area contributed by atoms with E-state index in [4.69, 9.17) is 9.47 Å². The molecule has 33 heavy (non-hydrogen) atoms. The molecular formula is C29H32O4. The van der Waals surface area contributed by atoms with E-state index in [1.165, 1.54) is 0 Å². The third kappa shape index (κ3) is 6.32. The van der Waals surface area contributed by atoms with Gasteiger partial charge in [0.15, 0.2) is 5.78 Å². The standard InChI is InChI=1S/C29H32O4/c1-6-18-29(4,5)27(30)23-8-7-9-24(19-23)28(31)33-26-16-12-22(13-17-26)21-10-14-25(15-11-21)32-20(2)3/h7-17,19-20H,6,18H2,1-5H3. The maximum Gasteiger partial charge on any atom is 0.343 e. The summed E-state index contributed by atoms with van der Waals surface area (Å²) in [6.07, 6.45) is 1.85. The van der Waals surface area contributed by atoms with Gasteiger partial charge in [-0.3, -0.25) is 4.79 Å². The first-order valence-electron chi connectivity index (χ1n) is 11.4. The number of ether oxygens (including phenoxy) is 2. The van der Waals surface area contributed by atoms with Crippen LogP contribution in [0.25, 0.3) is 11.1 Å².